The third-order valence-electron chi connectivity index (χ3n) is 3.45. The van der Waals surface area contributed by atoms with Gasteiger partial charge >= 0.3 is 0 Å². The van der Waals surface area contributed by atoms with Gasteiger partial charge in [-0.25, -0.2) is 0 Å². The number of hydrogen-bond donors (Lipinski definition) is 2. The molecule has 0 spiro atoms. The summed E-state index contributed by atoms with van der Waals surface area (Å²) in [4.78, 5) is 0. The van der Waals surface area contributed by atoms with Gasteiger partial charge in [-0.2, -0.15) is 0 Å². The van der Waals surface area contributed by atoms with E-state index in [2.05, 4.69) is 5.32 Å². The Hall–Kier alpha value is -0.0800. The lowest BCUT2D eigenvalue weighted by atomic mass is 9.92. The van der Waals surface area contributed by atoms with Crippen molar-refractivity contribution >= 4 is 0 Å². The van der Waals surface area contributed by atoms with E-state index in [-0.39, 0.29) is 0 Å². The summed E-state index contributed by atoms with van der Waals surface area (Å²) in [6.45, 7) is 1.24. The van der Waals surface area contributed by atoms with Gasteiger partial charge < -0.3 is 11.1 Å². The lowest BCUT2D eigenvalue weighted by Crippen LogP contribution is -2.37. The molecular formula is C11H22N2. The highest BCUT2D eigenvalue weighted by Gasteiger charge is 2.22. The quantitative estimate of drug-likeness (QED) is 0.693. The number of nitrogens with one attached hydrogen (secondary N) is 1. The lowest BCUT2D eigenvalue weighted by molar-refractivity contribution is 0.340. The largest absolute Gasteiger partial charge is 0.328 e. The Kier molecular flexibility index (Phi) is 3.23. The maximum atomic E-state index is 5.86. The zero-order valence-electron chi connectivity index (χ0n) is 8.47. The van der Waals surface area contributed by atoms with Crippen molar-refractivity contribution < 1.29 is 0 Å². The number of hydrogen-bond acceptors (Lipinski definition) is 2. The molecule has 0 aliphatic heterocycles. The molecule has 2 rings (SSSR count). The van der Waals surface area contributed by atoms with Gasteiger partial charge in [0.15, 0.2) is 0 Å². The fraction of sp³-hybridized carbons (Fsp3) is 1.00. The van der Waals surface area contributed by atoms with E-state index in [1.807, 2.05) is 0 Å². The van der Waals surface area contributed by atoms with Crippen LogP contribution in [0.4, 0.5) is 0 Å². The molecular weight excluding hydrogens is 160 g/mol. The fourth-order valence-electron chi connectivity index (χ4n) is 2.22. The van der Waals surface area contributed by atoms with Gasteiger partial charge in [0.25, 0.3) is 0 Å². The van der Waals surface area contributed by atoms with Crippen LogP contribution in [0.1, 0.15) is 44.9 Å². The Morgan fingerprint density at radius 1 is 1.00 bits per heavy atom. The molecule has 76 valence electrons. The van der Waals surface area contributed by atoms with Crippen molar-refractivity contribution in [2.75, 3.05) is 6.54 Å². The molecule has 0 aromatic carbocycles. The van der Waals surface area contributed by atoms with E-state index < -0.39 is 0 Å². The number of nitrogens with two attached hydrogens (primary N) is 1. The summed E-state index contributed by atoms with van der Waals surface area (Å²) < 4.78 is 0. The monoisotopic (exact) mass is 182 g/mol. The Balaban J connectivity index is 1.53. The van der Waals surface area contributed by atoms with E-state index in [9.17, 15) is 0 Å². The van der Waals surface area contributed by atoms with Gasteiger partial charge in [-0.3, -0.25) is 0 Å². The molecule has 0 amide bonds. The first-order valence-electron chi connectivity index (χ1n) is 5.83. The van der Waals surface area contributed by atoms with E-state index in [0.717, 1.165) is 12.0 Å². The minimum Gasteiger partial charge on any atom is -0.328 e. The first-order chi connectivity index (χ1) is 6.34. The molecule has 0 aromatic heterocycles. The summed E-state index contributed by atoms with van der Waals surface area (Å²) in [5.41, 5.74) is 5.86. The van der Waals surface area contributed by atoms with Crippen LogP contribution in [0.15, 0.2) is 0 Å². The van der Waals surface area contributed by atoms with E-state index in [1.54, 1.807) is 0 Å². The van der Waals surface area contributed by atoms with Crippen LogP contribution in [-0.2, 0) is 0 Å². The second-order valence-corrected chi connectivity index (χ2v) is 4.80. The highest BCUT2D eigenvalue weighted by molar-refractivity contribution is 4.80. The van der Waals surface area contributed by atoms with E-state index in [0.29, 0.717) is 6.04 Å². The molecule has 0 bridgehead atoms. The van der Waals surface area contributed by atoms with Gasteiger partial charge in [0.1, 0.15) is 0 Å². The van der Waals surface area contributed by atoms with Crippen molar-refractivity contribution in [1.29, 1.82) is 0 Å². The van der Waals surface area contributed by atoms with Crippen LogP contribution in [0.5, 0.6) is 0 Å². The lowest BCUT2D eigenvalue weighted by Gasteiger charge is -2.26. The molecule has 0 atom stereocenters. The minimum absolute atomic E-state index is 0.487. The molecule has 0 radical (unpaired) electrons. The van der Waals surface area contributed by atoms with Gasteiger partial charge in [-0.1, -0.05) is 12.8 Å². The maximum absolute atomic E-state index is 5.86. The summed E-state index contributed by atoms with van der Waals surface area (Å²) in [5, 5.41) is 3.66. The van der Waals surface area contributed by atoms with Gasteiger partial charge in [0, 0.05) is 12.1 Å². The van der Waals surface area contributed by atoms with Crippen molar-refractivity contribution in [1.82, 2.24) is 5.32 Å². The molecule has 13 heavy (non-hydrogen) atoms. The summed E-state index contributed by atoms with van der Waals surface area (Å²) >= 11 is 0. The Bertz CT molecular complexity index is 146. The normalized spacial score (nSPS) is 34.8. The predicted molar refractivity (Wildman–Crippen MR) is 55.6 cm³/mol. The molecule has 0 aromatic rings. The molecule has 2 nitrogen and oxygen atoms in total. The van der Waals surface area contributed by atoms with Crippen LogP contribution in [0.3, 0.4) is 0 Å². The van der Waals surface area contributed by atoms with Crippen LogP contribution < -0.4 is 11.1 Å². The van der Waals surface area contributed by atoms with Crippen molar-refractivity contribution in [3.63, 3.8) is 0 Å². The van der Waals surface area contributed by atoms with Crippen LogP contribution in [0, 0.1) is 5.92 Å². The zero-order chi connectivity index (χ0) is 9.10. The smallest absolute Gasteiger partial charge is 0.00682 e. The first kappa shape index (κ1) is 9.47. The average Bonchev–Trinajstić information content (AvgIpc) is 2.92. The third kappa shape index (κ3) is 3.28. The van der Waals surface area contributed by atoms with Crippen molar-refractivity contribution in [2.45, 2.75) is 57.0 Å². The third-order valence-corrected chi connectivity index (χ3v) is 3.45. The molecule has 3 N–H and O–H groups in total. The number of rotatable bonds is 4. The molecule has 0 saturated heterocycles. The van der Waals surface area contributed by atoms with Crippen LogP contribution in [-0.4, -0.2) is 18.6 Å². The summed E-state index contributed by atoms with van der Waals surface area (Å²) in [7, 11) is 0. The SMILES string of the molecule is NC1CCC(NCCC2CC2)CC1. The van der Waals surface area contributed by atoms with Gasteiger partial charge in [0.05, 0.1) is 0 Å². The van der Waals surface area contributed by atoms with Gasteiger partial charge in [-0.15, -0.1) is 0 Å². The van der Waals surface area contributed by atoms with Crippen LogP contribution >= 0.6 is 0 Å². The van der Waals surface area contributed by atoms with E-state index in [1.165, 1.54) is 51.5 Å². The maximum Gasteiger partial charge on any atom is 0.00682 e. The van der Waals surface area contributed by atoms with E-state index in [4.69, 9.17) is 5.73 Å². The minimum atomic E-state index is 0.487. The van der Waals surface area contributed by atoms with Gasteiger partial charge in [-0.05, 0) is 44.6 Å². The standard InChI is InChI=1S/C11H22N2/c12-10-3-5-11(6-4-10)13-8-7-9-1-2-9/h9-11,13H,1-8,12H2. The predicted octanol–water partition coefficient (Wildman–Crippen LogP) is 1.65. The second-order valence-electron chi connectivity index (χ2n) is 4.80. The molecule has 2 fully saturated rings. The van der Waals surface area contributed by atoms with E-state index >= 15 is 0 Å². The molecule has 0 unspecified atom stereocenters. The molecule has 2 heteroatoms. The Morgan fingerprint density at radius 3 is 2.31 bits per heavy atom. The fourth-order valence-corrected chi connectivity index (χ4v) is 2.22. The van der Waals surface area contributed by atoms with Crippen molar-refractivity contribution in [2.24, 2.45) is 11.7 Å². The molecule has 2 aliphatic carbocycles. The molecule has 2 aliphatic rings. The van der Waals surface area contributed by atoms with Crippen LogP contribution in [0.25, 0.3) is 0 Å². The second kappa shape index (κ2) is 4.43. The highest BCUT2D eigenvalue weighted by Crippen LogP contribution is 2.31. The zero-order valence-corrected chi connectivity index (χ0v) is 8.47. The van der Waals surface area contributed by atoms with Crippen molar-refractivity contribution in [3.05, 3.63) is 0 Å². The summed E-state index contributed by atoms with van der Waals surface area (Å²) in [6.07, 6.45) is 9.41. The highest BCUT2D eigenvalue weighted by atomic mass is 14.9. The first-order valence-corrected chi connectivity index (χ1v) is 5.83. The topological polar surface area (TPSA) is 38.0 Å². The molecule has 2 saturated carbocycles. The Morgan fingerprint density at radius 2 is 1.69 bits per heavy atom. The van der Waals surface area contributed by atoms with Crippen molar-refractivity contribution in [3.8, 4) is 0 Å². The van der Waals surface area contributed by atoms with Gasteiger partial charge in [0.2, 0.25) is 0 Å². The summed E-state index contributed by atoms with van der Waals surface area (Å²) in [6, 6.07) is 1.26. The van der Waals surface area contributed by atoms with Crippen LogP contribution in [0.2, 0.25) is 0 Å². The average molecular weight is 182 g/mol. The Labute approximate surface area is 81.3 Å². The summed E-state index contributed by atoms with van der Waals surface area (Å²) in [5.74, 6) is 1.07. The molecule has 0 heterocycles.